The molecule has 0 radical (unpaired) electrons. The van der Waals surface area contributed by atoms with E-state index in [1.165, 1.54) is 16.7 Å². The highest BCUT2D eigenvalue weighted by atomic mass is 32.2. The van der Waals surface area contributed by atoms with Gasteiger partial charge in [0.15, 0.2) is 0 Å². The highest BCUT2D eigenvalue weighted by Crippen LogP contribution is 2.60. The largest absolute Gasteiger partial charge is 0.497 e. The highest BCUT2D eigenvalue weighted by Gasteiger charge is 2.70. The van der Waals surface area contributed by atoms with Crippen molar-refractivity contribution in [3.05, 3.63) is 48.6 Å². The first-order valence-corrected chi connectivity index (χ1v) is 12.0. The molecule has 2 amide bonds. The summed E-state index contributed by atoms with van der Waals surface area (Å²) in [5, 5.41) is 9.44. The topological polar surface area (TPSA) is 96.4 Å². The molecule has 2 fully saturated rings. The smallest absolute Gasteiger partial charge is 0.311 e. The van der Waals surface area contributed by atoms with E-state index in [2.05, 4.69) is 0 Å². The van der Waals surface area contributed by atoms with Crippen LogP contribution in [-0.4, -0.2) is 77.2 Å². The summed E-state index contributed by atoms with van der Waals surface area (Å²) in [6.45, 7) is 0.378. The third kappa shape index (κ3) is 3.36. The van der Waals surface area contributed by atoms with Gasteiger partial charge in [-0.15, -0.1) is 11.8 Å². The Bertz CT molecular complexity index is 1020. The van der Waals surface area contributed by atoms with Crippen molar-refractivity contribution in [3.8, 4) is 5.75 Å². The minimum Gasteiger partial charge on any atom is -0.497 e. The molecule has 1 spiro atoms. The number of rotatable bonds is 4. The standard InChI is InChI=1S/C24H26N2O6S/c1-31-16-8-6-15(7-9-16)25-11-4-10-24-19(21(28)26(12-13-27)20(24)22(25)29)18-17(33-24)5-2-3-14-32-23(18)30/h2,4-10,17-20,27H,3,11-14H2,1H3/t17-,18+,19-,20?,24-/m0/s1. The lowest BCUT2D eigenvalue weighted by molar-refractivity contribution is -0.153. The summed E-state index contributed by atoms with van der Waals surface area (Å²) < 4.78 is 9.76. The first kappa shape index (κ1) is 22.0. The number of thioether (sulfide) groups is 1. The van der Waals surface area contributed by atoms with E-state index in [-0.39, 0.29) is 36.8 Å². The van der Waals surface area contributed by atoms with Gasteiger partial charge >= 0.3 is 5.97 Å². The molecule has 0 bridgehead atoms. The summed E-state index contributed by atoms with van der Waals surface area (Å²) in [6, 6.07) is 6.36. The monoisotopic (exact) mass is 470 g/mol. The Morgan fingerprint density at radius 2 is 1.97 bits per heavy atom. The Morgan fingerprint density at radius 1 is 1.18 bits per heavy atom. The second-order valence-corrected chi connectivity index (χ2v) is 10.0. The molecule has 9 heteroatoms. The number of methoxy groups -OCH3 is 1. The van der Waals surface area contributed by atoms with Gasteiger partial charge in [0.25, 0.3) is 5.91 Å². The number of carbonyl (C=O) groups excluding carboxylic acids is 3. The van der Waals surface area contributed by atoms with Crippen molar-refractivity contribution in [1.82, 2.24) is 4.90 Å². The molecule has 0 aromatic heterocycles. The van der Waals surface area contributed by atoms with E-state index in [1.54, 1.807) is 24.1 Å². The Kier molecular flexibility index (Phi) is 5.70. The molecule has 174 valence electrons. The molecule has 1 aromatic carbocycles. The van der Waals surface area contributed by atoms with Gasteiger partial charge in [-0.2, -0.15) is 0 Å². The van der Waals surface area contributed by atoms with E-state index < -0.39 is 28.6 Å². The molecule has 4 aliphatic heterocycles. The van der Waals surface area contributed by atoms with E-state index in [0.717, 1.165) is 0 Å². The number of benzene rings is 1. The van der Waals surface area contributed by atoms with Gasteiger partial charge in [0.2, 0.25) is 5.91 Å². The molecule has 5 rings (SSSR count). The van der Waals surface area contributed by atoms with Crippen molar-refractivity contribution in [3.63, 3.8) is 0 Å². The van der Waals surface area contributed by atoms with Gasteiger partial charge in [0, 0.05) is 24.0 Å². The van der Waals surface area contributed by atoms with E-state index in [9.17, 15) is 19.5 Å². The van der Waals surface area contributed by atoms with Crippen LogP contribution in [-0.2, 0) is 19.1 Å². The first-order chi connectivity index (χ1) is 16.0. The fourth-order valence-corrected chi connectivity index (χ4v) is 7.45. The Hall–Kier alpha value is -2.78. The number of β-amino-alcohol motifs (C(OH)–C–C–N with tert-alkyl or cyclic N) is 1. The molecule has 8 nitrogen and oxygen atoms in total. The van der Waals surface area contributed by atoms with Gasteiger partial charge in [-0.3, -0.25) is 14.4 Å². The van der Waals surface area contributed by atoms with Crippen LogP contribution in [0, 0.1) is 11.8 Å². The number of hydrogen-bond donors (Lipinski definition) is 1. The lowest BCUT2D eigenvalue weighted by Gasteiger charge is -2.35. The van der Waals surface area contributed by atoms with Gasteiger partial charge in [0.1, 0.15) is 11.8 Å². The van der Waals surface area contributed by atoms with Crippen LogP contribution in [0.25, 0.3) is 0 Å². The number of aliphatic hydroxyl groups excluding tert-OH is 1. The zero-order valence-corrected chi connectivity index (χ0v) is 19.1. The Morgan fingerprint density at radius 3 is 2.70 bits per heavy atom. The molecule has 0 aliphatic carbocycles. The average Bonchev–Trinajstić information content (AvgIpc) is 3.18. The molecule has 5 atom stereocenters. The number of amides is 2. The summed E-state index contributed by atoms with van der Waals surface area (Å²) in [5.41, 5.74) is 0.690. The molecule has 1 unspecified atom stereocenters. The number of carbonyl (C=O) groups is 3. The number of nitrogens with zero attached hydrogens (tertiary/aromatic N) is 2. The predicted octanol–water partition coefficient (Wildman–Crippen LogP) is 1.39. The van der Waals surface area contributed by atoms with E-state index >= 15 is 0 Å². The second-order valence-electron chi connectivity index (χ2n) is 8.53. The van der Waals surface area contributed by atoms with Gasteiger partial charge < -0.3 is 24.4 Å². The lowest BCUT2D eigenvalue weighted by Crippen LogP contribution is -2.53. The third-order valence-electron chi connectivity index (χ3n) is 6.85. The maximum Gasteiger partial charge on any atom is 0.311 e. The quantitative estimate of drug-likeness (QED) is 0.525. The number of esters is 1. The number of aliphatic hydroxyl groups is 1. The van der Waals surface area contributed by atoms with E-state index in [1.807, 2.05) is 36.4 Å². The van der Waals surface area contributed by atoms with E-state index in [4.69, 9.17) is 9.47 Å². The molecule has 1 N–H and O–H groups in total. The van der Waals surface area contributed by atoms with Gasteiger partial charge in [-0.25, -0.2) is 0 Å². The number of hydrogen-bond acceptors (Lipinski definition) is 7. The molecule has 4 aliphatic rings. The van der Waals surface area contributed by atoms with Crippen molar-refractivity contribution in [1.29, 1.82) is 0 Å². The van der Waals surface area contributed by atoms with E-state index in [0.29, 0.717) is 24.4 Å². The summed E-state index contributed by atoms with van der Waals surface area (Å²) in [7, 11) is 1.58. The molecule has 0 saturated carbocycles. The molecule has 33 heavy (non-hydrogen) atoms. The van der Waals surface area contributed by atoms with Gasteiger partial charge in [-0.1, -0.05) is 24.3 Å². The number of ether oxygens (including phenoxy) is 2. The van der Waals surface area contributed by atoms with Crippen molar-refractivity contribution >= 4 is 35.2 Å². The van der Waals surface area contributed by atoms with Crippen LogP contribution in [0.4, 0.5) is 5.69 Å². The van der Waals surface area contributed by atoms with Crippen molar-refractivity contribution < 1.29 is 29.0 Å². The number of anilines is 1. The van der Waals surface area contributed by atoms with Crippen molar-refractivity contribution in [2.24, 2.45) is 11.8 Å². The van der Waals surface area contributed by atoms with Crippen LogP contribution < -0.4 is 9.64 Å². The average molecular weight is 471 g/mol. The maximum atomic E-state index is 14.0. The van der Waals surface area contributed by atoms with Crippen LogP contribution in [0.1, 0.15) is 6.42 Å². The third-order valence-corrected chi connectivity index (χ3v) is 8.59. The zero-order valence-electron chi connectivity index (χ0n) is 18.3. The fourth-order valence-electron chi connectivity index (χ4n) is 5.45. The summed E-state index contributed by atoms with van der Waals surface area (Å²) in [6.07, 6.45) is 8.43. The van der Waals surface area contributed by atoms with Gasteiger partial charge in [0.05, 0.1) is 36.9 Å². The SMILES string of the molecule is COc1ccc(N2CC=C[C@]34S[C@H]5C=CCCOC(=O)[C@H]5[C@H]3C(=O)N(CCO)C4C2=O)cc1. The number of cyclic esters (lactones) is 1. The fraction of sp³-hybridized carbons (Fsp3) is 0.458. The summed E-state index contributed by atoms with van der Waals surface area (Å²) in [5.74, 6) is -1.62. The minimum atomic E-state index is -0.909. The van der Waals surface area contributed by atoms with Crippen LogP contribution in [0.2, 0.25) is 0 Å². The van der Waals surface area contributed by atoms with Gasteiger partial charge in [-0.05, 0) is 30.7 Å². The van der Waals surface area contributed by atoms with Crippen LogP contribution in [0.15, 0.2) is 48.6 Å². The number of fused-ring (bicyclic) bond motifs is 2. The maximum absolute atomic E-state index is 14.0. The molecule has 2 saturated heterocycles. The van der Waals surface area contributed by atoms with Crippen LogP contribution in [0.3, 0.4) is 0 Å². The van der Waals surface area contributed by atoms with Crippen molar-refractivity contribution in [2.75, 3.05) is 38.3 Å². The molecule has 1 aromatic rings. The van der Waals surface area contributed by atoms with Crippen molar-refractivity contribution in [2.45, 2.75) is 22.5 Å². The minimum absolute atomic E-state index is 0.0284. The summed E-state index contributed by atoms with van der Waals surface area (Å²) in [4.78, 5) is 43.7. The first-order valence-electron chi connectivity index (χ1n) is 11.1. The zero-order chi connectivity index (χ0) is 23.2. The Labute approximate surface area is 196 Å². The highest BCUT2D eigenvalue weighted by molar-refractivity contribution is 8.02. The molecular weight excluding hydrogens is 444 g/mol. The summed E-state index contributed by atoms with van der Waals surface area (Å²) >= 11 is 1.49. The molecular formula is C24H26N2O6S. The normalized spacial score (nSPS) is 33.1. The molecule has 4 heterocycles. The predicted molar refractivity (Wildman–Crippen MR) is 123 cm³/mol. The Balaban J connectivity index is 1.59. The second kappa shape index (κ2) is 8.53. The number of likely N-dealkylation sites (tertiary alicyclic amines) is 1. The van der Waals surface area contributed by atoms with Crippen LogP contribution in [0.5, 0.6) is 5.75 Å². The van der Waals surface area contributed by atoms with Crippen LogP contribution >= 0.6 is 11.8 Å². The lowest BCUT2D eigenvalue weighted by atomic mass is 9.78.